The highest BCUT2D eigenvalue weighted by atomic mass is 16.5. The fourth-order valence-electron chi connectivity index (χ4n) is 2.44. The van der Waals surface area contributed by atoms with Crippen LogP contribution in [0.3, 0.4) is 0 Å². The Morgan fingerprint density at radius 1 is 1.15 bits per heavy atom. The van der Waals surface area contributed by atoms with Gasteiger partial charge in [-0.3, -0.25) is 4.79 Å². The number of benzene rings is 2. The van der Waals surface area contributed by atoms with Crippen molar-refractivity contribution in [3.8, 4) is 11.5 Å². The molecule has 2 rings (SSSR count). The van der Waals surface area contributed by atoms with Gasteiger partial charge in [-0.15, -0.1) is 0 Å². The van der Waals surface area contributed by atoms with Crippen molar-refractivity contribution < 1.29 is 14.3 Å². The van der Waals surface area contributed by atoms with Gasteiger partial charge in [0.1, 0.15) is 6.61 Å². The highest BCUT2D eigenvalue weighted by molar-refractivity contribution is 5.91. The van der Waals surface area contributed by atoms with Crippen LogP contribution in [0.25, 0.3) is 6.08 Å². The Balaban J connectivity index is 1.80. The zero-order valence-corrected chi connectivity index (χ0v) is 15.1. The molecule has 0 aliphatic carbocycles. The third-order valence-corrected chi connectivity index (χ3v) is 3.76. The number of methoxy groups -OCH3 is 1. The van der Waals surface area contributed by atoms with Crippen LogP contribution in [-0.4, -0.2) is 26.2 Å². The van der Waals surface area contributed by atoms with Crippen molar-refractivity contribution in [2.45, 2.75) is 12.8 Å². The lowest BCUT2D eigenvalue weighted by Gasteiger charge is -2.09. The van der Waals surface area contributed by atoms with E-state index in [1.165, 1.54) is 11.6 Å². The zero-order chi connectivity index (χ0) is 18.6. The Labute approximate surface area is 155 Å². The second-order valence-electron chi connectivity index (χ2n) is 5.72. The average Bonchev–Trinajstić information content (AvgIpc) is 2.69. The third-order valence-electron chi connectivity index (χ3n) is 3.76. The van der Waals surface area contributed by atoms with Crippen molar-refractivity contribution in [3.05, 3.63) is 78.4 Å². The second-order valence-corrected chi connectivity index (χ2v) is 5.72. The normalized spacial score (nSPS) is 10.5. The van der Waals surface area contributed by atoms with Crippen LogP contribution in [0.4, 0.5) is 0 Å². The zero-order valence-electron chi connectivity index (χ0n) is 15.1. The summed E-state index contributed by atoms with van der Waals surface area (Å²) in [4.78, 5) is 11.9. The van der Waals surface area contributed by atoms with Gasteiger partial charge in [-0.1, -0.05) is 49.1 Å². The number of rotatable bonds is 10. The summed E-state index contributed by atoms with van der Waals surface area (Å²) in [5, 5.41) is 2.90. The van der Waals surface area contributed by atoms with E-state index < -0.39 is 0 Å². The number of carbonyl (C=O) groups excluding carboxylic acids is 1. The molecule has 0 saturated heterocycles. The molecule has 0 heterocycles. The predicted octanol–water partition coefficient (Wildman–Crippen LogP) is 4.02. The highest BCUT2D eigenvalue weighted by Crippen LogP contribution is 2.28. The van der Waals surface area contributed by atoms with Crippen molar-refractivity contribution in [3.63, 3.8) is 0 Å². The number of amides is 1. The highest BCUT2D eigenvalue weighted by Gasteiger charge is 2.04. The molecule has 0 aromatic heterocycles. The molecule has 0 fully saturated rings. The molecule has 136 valence electrons. The summed E-state index contributed by atoms with van der Waals surface area (Å²) in [6.45, 7) is 4.69. The molecule has 1 N–H and O–H groups in total. The van der Waals surface area contributed by atoms with Crippen LogP contribution in [0.5, 0.6) is 11.5 Å². The van der Waals surface area contributed by atoms with E-state index in [0.717, 1.165) is 18.4 Å². The molecule has 0 saturated carbocycles. The van der Waals surface area contributed by atoms with Crippen molar-refractivity contribution in [1.82, 2.24) is 5.32 Å². The summed E-state index contributed by atoms with van der Waals surface area (Å²) >= 11 is 0. The van der Waals surface area contributed by atoms with E-state index in [-0.39, 0.29) is 5.91 Å². The number of hydrogen-bond donors (Lipinski definition) is 1. The summed E-state index contributed by atoms with van der Waals surface area (Å²) in [7, 11) is 1.59. The first kappa shape index (κ1) is 19.3. The lowest BCUT2D eigenvalue weighted by Crippen LogP contribution is -2.22. The van der Waals surface area contributed by atoms with Crippen LogP contribution in [0.15, 0.2) is 67.3 Å². The third kappa shape index (κ3) is 6.48. The smallest absolute Gasteiger partial charge is 0.243 e. The second kappa shape index (κ2) is 10.8. The first-order chi connectivity index (χ1) is 12.7. The van der Waals surface area contributed by atoms with Crippen molar-refractivity contribution in [2.24, 2.45) is 0 Å². The molecule has 0 spiro atoms. The summed E-state index contributed by atoms with van der Waals surface area (Å²) in [5.74, 6) is 1.16. The Morgan fingerprint density at radius 3 is 2.69 bits per heavy atom. The van der Waals surface area contributed by atoms with E-state index in [1.807, 2.05) is 36.4 Å². The number of carbonyl (C=O) groups is 1. The Kier molecular flexibility index (Phi) is 8.00. The van der Waals surface area contributed by atoms with Gasteiger partial charge >= 0.3 is 0 Å². The van der Waals surface area contributed by atoms with Crippen LogP contribution in [0.1, 0.15) is 17.5 Å². The van der Waals surface area contributed by atoms with Gasteiger partial charge in [-0.2, -0.15) is 0 Å². The fraction of sp³-hybridized carbons (Fsp3) is 0.227. The molecular weight excluding hydrogens is 326 g/mol. The minimum Gasteiger partial charge on any atom is -0.493 e. The standard InChI is InChI=1S/C22H25NO3/c1-3-16-26-20-13-11-19(17-21(20)25-2)12-14-22(24)23-15-7-10-18-8-5-4-6-9-18/h3-6,8-9,11-14,17H,1,7,10,15-16H2,2H3,(H,23,24)/b14-12+. The molecule has 1 amide bonds. The van der Waals surface area contributed by atoms with E-state index in [1.54, 1.807) is 19.3 Å². The van der Waals surface area contributed by atoms with E-state index >= 15 is 0 Å². The molecular formula is C22H25NO3. The monoisotopic (exact) mass is 351 g/mol. The maximum Gasteiger partial charge on any atom is 0.243 e. The maximum atomic E-state index is 11.9. The largest absolute Gasteiger partial charge is 0.493 e. The molecule has 2 aromatic rings. The van der Waals surface area contributed by atoms with Crippen LogP contribution in [-0.2, 0) is 11.2 Å². The number of hydrogen-bond acceptors (Lipinski definition) is 3. The van der Waals surface area contributed by atoms with Crippen molar-refractivity contribution in [1.29, 1.82) is 0 Å². The van der Waals surface area contributed by atoms with Crippen LogP contribution >= 0.6 is 0 Å². The molecule has 4 heteroatoms. The van der Waals surface area contributed by atoms with Gasteiger partial charge in [0.15, 0.2) is 11.5 Å². The molecule has 26 heavy (non-hydrogen) atoms. The summed E-state index contributed by atoms with van der Waals surface area (Å²) < 4.78 is 10.8. The van der Waals surface area contributed by atoms with Gasteiger partial charge in [0, 0.05) is 12.6 Å². The quantitative estimate of drug-likeness (QED) is 0.399. The molecule has 2 aromatic carbocycles. The van der Waals surface area contributed by atoms with Gasteiger partial charge < -0.3 is 14.8 Å². The first-order valence-electron chi connectivity index (χ1n) is 8.64. The first-order valence-corrected chi connectivity index (χ1v) is 8.64. The molecule has 0 bridgehead atoms. The number of ether oxygens (including phenoxy) is 2. The number of aryl methyl sites for hydroxylation is 1. The topological polar surface area (TPSA) is 47.6 Å². The van der Waals surface area contributed by atoms with E-state index in [2.05, 4.69) is 24.0 Å². The lowest BCUT2D eigenvalue weighted by molar-refractivity contribution is -0.116. The predicted molar refractivity (Wildman–Crippen MR) is 105 cm³/mol. The van der Waals surface area contributed by atoms with Gasteiger partial charge in [-0.05, 0) is 42.2 Å². The van der Waals surface area contributed by atoms with Crippen molar-refractivity contribution in [2.75, 3.05) is 20.3 Å². The van der Waals surface area contributed by atoms with Gasteiger partial charge in [0.25, 0.3) is 0 Å². The maximum absolute atomic E-state index is 11.9. The summed E-state index contributed by atoms with van der Waals surface area (Å²) in [5.41, 5.74) is 2.15. The van der Waals surface area contributed by atoms with E-state index in [0.29, 0.717) is 24.7 Å². The van der Waals surface area contributed by atoms with E-state index in [9.17, 15) is 4.79 Å². The fourth-order valence-corrected chi connectivity index (χ4v) is 2.44. The summed E-state index contributed by atoms with van der Waals surface area (Å²) in [6.07, 6.45) is 6.82. The molecule has 0 aliphatic rings. The Bertz CT molecular complexity index is 738. The SMILES string of the molecule is C=CCOc1ccc(/C=C/C(=O)NCCCc2ccccc2)cc1OC. The molecule has 0 atom stereocenters. The molecule has 0 radical (unpaired) electrons. The molecule has 0 aliphatic heterocycles. The molecule has 4 nitrogen and oxygen atoms in total. The van der Waals surface area contributed by atoms with Gasteiger partial charge in [0.05, 0.1) is 7.11 Å². The Hall–Kier alpha value is -3.01. The molecule has 0 unspecified atom stereocenters. The van der Waals surface area contributed by atoms with E-state index in [4.69, 9.17) is 9.47 Å². The Morgan fingerprint density at radius 2 is 1.96 bits per heavy atom. The van der Waals surface area contributed by atoms with Crippen LogP contribution < -0.4 is 14.8 Å². The average molecular weight is 351 g/mol. The minimum absolute atomic E-state index is 0.107. The van der Waals surface area contributed by atoms with Crippen LogP contribution in [0, 0.1) is 0 Å². The van der Waals surface area contributed by atoms with Crippen molar-refractivity contribution >= 4 is 12.0 Å². The summed E-state index contributed by atoms with van der Waals surface area (Å²) in [6, 6.07) is 15.8. The van der Waals surface area contributed by atoms with Gasteiger partial charge in [-0.25, -0.2) is 0 Å². The van der Waals surface area contributed by atoms with Gasteiger partial charge in [0.2, 0.25) is 5.91 Å². The lowest BCUT2D eigenvalue weighted by atomic mass is 10.1. The number of nitrogens with one attached hydrogen (secondary N) is 1. The van der Waals surface area contributed by atoms with Crippen LogP contribution in [0.2, 0.25) is 0 Å². The minimum atomic E-state index is -0.107.